The predicted octanol–water partition coefficient (Wildman–Crippen LogP) is 5.15. The molecule has 162 valence electrons. The first-order valence-corrected chi connectivity index (χ1v) is 11.5. The van der Waals surface area contributed by atoms with Gasteiger partial charge >= 0.3 is 0 Å². The number of thioether (sulfide) groups is 1. The lowest BCUT2D eigenvalue weighted by Gasteiger charge is -2.16. The largest absolute Gasteiger partial charge is 0.497 e. The van der Waals surface area contributed by atoms with E-state index in [2.05, 4.69) is 14.8 Å². The Morgan fingerprint density at radius 1 is 1.29 bits per heavy atom. The highest BCUT2D eigenvalue weighted by atomic mass is 35.5. The summed E-state index contributed by atoms with van der Waals surface area (Å²) < 4.78 is 13.2. The van der Waals surface area contributed by atoms with Crippen molar-refractivity contribution in [1.29, 1.82) is 0 Å². The van der Waals surface area contributed by atoms with E-state index in [1.54, 1.807) is 31.4 Å². The van der Waals surface area contributed by atoms with Gasteiger partial charge in [0, 0.05) is 22.8 Å². The van der Waals surface area contributed by atoms with Crippen molar-refractivity contribution >= 4 is 29.1 Å². The number of hydrogen-bond donors (Lipinski definition) is 0. The van der Waals surface area contributed by atoms with Crippen LogP contribution in [-0.4, -0.2) is 45.6 Å². The van der Waals surface area contributed by atoms with Crippen molar-refractivity contribution in [2.75, 3.05) is 13.7 Å². The molecule has 8 heteroatoms. The molecule has 0 bridgehead atoms. The van der Waals surface area contributed by atoms with E-state index in [0.717, 1.165) is 36.6 Å². The third-order valence-corrected chi connectivity index (χ3v) is 6.55. The average Bonchev–Trinajstić information content (AvgIpc) is 3.44. The number of rotatable bonds is 8. The maximum Gasteiger partial charge on any atom is 0.192 e. The van der Waals surface area contributed by atoms with Crippen LogP contribution in [0.4, 0.5) is 0 Å². The number of benzene rings is 2. The van der Waals surface area contributed by atoms with Gasteiger partial charge in [0.2, 0.25) is 0 Å². The minimum Gasteiger partial charge on any atom is -0.497 e. The first kappa shape index (κ1) is 21.9. The molecule has 2 heterocycles. The number of methoxy groups -OCH3 is 1. The summed E-state index contributed by atoms with van der Waals surface area (Å²) in [6.07, 6.45) is 2.17. The van der Waals surface area contributed by atoms with Crippen molar-refractivity contribution in [3.8, 4) is 17.1 Å². The van der Waals surface area contributed by atoms with E-state index in [4.69, 9.17) is 21.1 Å². The second-order valence-electron chi connectivity index (χ2n) is 7.41. The van der Waals surface area contributed by atoms with Gasteiger partial charge in [-0.05, 0) is 56.2 Å². The van der Waals surface area contributed by atoms with E-state index in [-0.39, 0.29) is 17.1 Å². The molecule has 2 atom stereocenters. The summed E-state index contributed by atoms with van der Waals surface area (Å²) in [6, 6.07) is 14.8. The highest BCUT2D eigenvalue weighted by Crippen LogP contribution is 2.31. The Kier molecular flexibility index (Phi) is 6.95. The molecule has 6 nitrogen and oxygen atoms in total. The molecule has 0 saturated carbocycles. The molecule has 0 spiro atoms. The molecule has 2 aromatic carbocycles. The Bertz CT molecular complexity index is 1050. The summed E-state index contributed by atoms with van der Waals surface area (Å²) in [5.74, 6) is 1.54. The van der Waals surface area contributed by atoms with Crippen molar-refractivity contribution in [1.82, 2.24) is 14.8 Å². The second-order valence-corrected chi connectivity index (χ2v) is 9.16. The first-order valence-electron chi connectivity index (χ1n) is 10.2. The molecular weight excluding hydrogens is 434 g/mol. The van der Waals surface area contributed by atoms with Gasteiger partial charge in [-0.1, -0.05) is 35.5 Å². The third-order valence-electron chi connectivity index (χ3n) is 5.24. The van der Waals surface area contributed by atoms with Crippen LogP contribution >= 0.6 is 23.4 Å². The molecule has 1 aliphatic rings. The van der Waals surface area contributed by atoms with E-state index in [1.807, 2.05) is 31.2 Å². The van der Waals surface area contributed by atoms with E-state index in [1.165, 1.54) is 11.8 Å². The fourth-order valence-corrected chi connectivity index (χ4v) is 4.70. The summed E-state index contributed by atoms with van der Waals surface area (Å²) in [5.41, 5.74) is 1.53. The Morgan fingerprint density at radius 3 is 2.77 bits per heavy atom. The van der Waals surface area contributed by atoms with Gasteiger partial charge in [-0.15, -0.1) is 10.2 Å². The molecule has 1 fully saturated rings. The zero-order chi connectivity index (χ0) is 21.8. The minimum absolute atomic E-state index is 0.00478. The Labute approximate surface area is 190 Å². The van der Waals surface area contributed by atoms with Crippen LogP contribution in [0.2, 0.25) is 5.02 Å². The van der Waals surface area contributed by atoms with Crippen LogP contribution in [0, 0.1) is 0 Å². The van der Waals surface area contributed by atoms with Gasteiger partial charge in [-0.25, -0.2) is 0 Å². The monoisotopic (exact) mass is 457 g/mol. The van der Waals surface area contributed by atoms with Crippen LogP contribution in [0.5, 0.6) is 5.75 Å². The van der Waals surface area contributed by atoms with Gasteiger partial charge < -0.3 is 9.47 Å². The fraction of sp³-hybridized carbons (Fsp3) is 0.348. The van der Waals surface area contributed by atoms with Crippen LogP contribution in [-0.2, 0) is 11.3 Å². The number of nitrogens with zero attached hydrogens (tertiary/aromatic N) is 3. The standard InChI is InChI=1S/C23H24ClN3O3S/c1-15(21(28)17-5-3-6-18(24)13-17)31-23-26-25-22(16-8-10-19(29-2)11-9-16)27(23)14-20-7-4-12-30-20/h3,5-6,8-11,13,15,20H,4,7,12,14H2,1-2H3. The lowest BCUT2D eigenvalue weighted by atomic mass is 10.1. The van der Waals surface area contributed by atoms with Crippen LogP contribution in [0.3, 0.4) is 0 Å². The molecule has 0 aliphatic carbocycles. The molecule has 1 saturated heterocycles. The minimum atomic E-state index is -0.338. The van der Waals surface area contributed by atoms with Gasteiger partial charge in [0.1, 0.15) is 5.75 Å². The van der Waals surface area contributed by atoms with Crippen molar-refractivity contribution < 1.29 is 14.3 Å². The quantitative estimate of drug-likeness (QED) is 0.344. The smallest absolute Gasteiger partial charge is 0.192 e. The van der Waals surface area contributed by atoms with E-state index >= 15 is 0 Å². The SMILES string of the molecule is COc1ccc(-c2nnc(SC(C)C(=O)c3cccc(Cl)c3)n2CC2CCCO2)cc1. The number of carbonyl (C=O) groups excluding carboxylic acids is 1. The van der Waals surface area contributed by atoms with Crippen molar-refractivity contribution in [3.05, 3.63) is 59.1 Å². The number of halogens is 1. The topological polar surface area (TPSA) is 66.2 Å². The number of carbonyl (C=O) groups is 1. The van der Waals surface area contributed by atoms with Crippen molar-refractivity contribution in [2.24, 2.45) is 0 Å². The fourth-order valence-electron chi connectivity index (χ4n) is 3.57. The van der Waals surface area contributed by atoms with Gasteiger partial charge in [0.15, 0.2) is 16.8 Å². The summed E-state index contributed by atoms with van der Waals surface area (Å²) in [7, 11) is 1.64. The van der Waals surface area contributed by atoms with Crippen molar-refractivity contribution in [3.63, 3.8) is 0 Å². The van der Waals surface area contributed by atoms with Crippen LogP contribution in [0.15, 0.2) is 53.7 Å². The number of aromatic nitrogens is 3. The van der Waals surface area contributed by atoms with Crippen LogP contribution < -0.4 is 4.74 Å². The first-order chi connectivity index (χ1) is 15.0. The number of ether oxygens (including phenoxy) is 2. The number of Topliss-reactive ketones (excluding diaryl/α,β-unsaturated/α-hetero) is 1. The summed E-state index contributed by atoms with van der Waals surface area (Å²) >= 11 is 7.46. The molecular formula is C23H24ClN3O3S. The Hall–Kier alpha value is -2.35. The third kappa shape index (κ3) is 5.11. The maximum atomic E-state index is 12.9. The van der Waals surface area contributed by atoms with E-state index in [0.29, 0.717) is 22.3 Å². The van der Waals surface area contributed by atoms with Gasteiger partial charge in [0.25, 0.3) is 0 Å². The number of hydrogen-bond acceptors (Lipinski definition) is 6. The highest BCUT2D eigenvalue weighted by Gasteiger charge is 2.25. The average molecular weight is 458 g/mol. The zero-order valence-corrected chi connectivity index (χ0v) is 19.0. The Morgan fingerprint density at radius 2 is 2.10 bits per heavy atom. The zero-order valence-electron chi connectivity index (χ0n) is 17.5. The van der Waals surface area contributed by atoms with E-state index in [9.17, 15) is 4.79 Å². The second kappa shape index (κ2) is 9.85. The maximum absolute atomic E-state index is 12.9. The number of ketones is 1. The van der Waals surface area contributed by atoms with Gasteiger partial charge in [0.05, 0.1) is 25.0 Å². The van der Waals surface area contributed by atoms with Gasteiger partial charge in [-0.3, -0.25) is 9.36 Å². The Balaban J connectivity index is 1.61. The molecule has 3 aromatic rings. The lowest BCUT2D eigenvalue weighted by molar-refractivity contribution is 0.0953. The lowest BCUT2D eigenvalue weighted by Crippen LogP contribution is -2.19. The normalized spacial score (nSPS) is 16.9. The van der Waals surface area contributed by atoms with Crippen LogP contribution in [0.1, 0.15) is 30.1 Å². The summed E-state index contributed by atoms with van der Waals surface area (Å²) in [4.78, 5) is 12.9. The molecule has 31 heavy (non-hydrogen) atoms. The molecule has 0 N–H and O–H groups in total. The van der Waals surface area contributed by atoms with Crippen molar-refractivity contribution in [2.45, 2.75) is 42.8 Å². The van der Waals surface area contributed by atoms with Crippen LogP contribution in [0.25, 0.3) is 11.4 Å². The molecule has 1 aromatic heterocycles. The highest BCUT2D eigenvalue weighted by molar-refractivity contribution is 8.00. The van der Waals surface area contributed by atoms with E-state index < -0.39 is 0 Å². The molecule has 0 radical (unpaired) electrons. The predicted molar refractivity (Wildman–Crippen MR) is 122 cm³/mol. The molecule has 1 aliphatic heterocycles. The van der Waals surface area contributed by atoms with Gasteiger partial charge in [-0.2, -0.15) is 0 Å². The summed E-state index contributed by atoms with van der Waals surface area (Å²) in [6.45, 7) is 3.30. The summed E-state index contributed by atoms with van der Waals surface area (Å²) in [5, 5.41) is 9.78. The molecule has 2 unspecified atom stereocenters. The molecule has 0 amide bonds. The molecule has 4 rings (SSSR count).